The van der Waals surface area contributed by atoms with Crippen LogP contribution in [0.2, 0.25) is 0 Å². The number of ether oxygens (including phenoxy) is 2. The van der Waals surface area contributed by atoms with Crippen molar-refractivity contribution in [1.82, 2.24) is 0 Å². The van der Waals surface area contributed by atoms with Crippen molar-refractivity contribution < 1.29 is 14.6 Å². The molecule has 0 bridgehead atoms. The van der Waals surface area contributed by atoms with E-state index in [0.717, 1.165) is 37.2 Å². The van der Waals surface area contributed by atoms with Crippen molar-refractivity contribution in [3.8, 4) is 5.75 Å². The Hall–Kier alpha value is -1.06. The first-order valence-corrected chi connectivity index (χ1v) is 6.51. The lowest BCUT2D eigenvalue weighted by Gasteiger charge is -2.35. The minimum atomic E-state index is -0.140. The molecule has 18 heavy (non-hydrogen) atoms. The summed E-state index contributed by atoms with van der Waals surface area (Å²) in [5.74, 6) is 0.902. The highest BCUT2D eigenvalue weighted by molar-refractivity contribution is 5.37. The van der Waals surface area contributed by atoms with Crippen LogP contribution in [0.5, 0.6) is 5.75 Å². The SMILES string of the molecule is COc1ccc(C)cc1CC1(CO)CCCOC1. The molecule has 1 aromatic rings. The van der Waals surface area contributed by atoms with Gasteiger partial charge in [0, 0.05) is 12.0 Å². The molecule has 100 valence electrons. The largest absolute Gasteiger partial charge is 0.496 e. The summed E-state index contributed by atoms with van der Waals surface area (Å²) >= 11 is 0. The van der Waals surface area contributed by atoms with Crippen LogP contribution in [0.3, 0.4) is 0 Å². The standard InChI is InChI=1S/C15H22O3/c1-12-4-5-14(17-2)13(8-12)9-15(10-16)6-3-7-18-11-15/h4-5,8,16H,3,6-7,9-11H2,1-2H3. The van der Waals surface area contributed by atoms with E-state index in [1.54, 1.807) is 7.11 Å². The summed E-state index contributed by atoms with van der Waals surface area (Å²) in [6.45, 7) is 3.70. The van der Waals surface area contributed by atoms with E-state index in [1.807, 2.05) is 12.1 Å². The maximum Gasteiger partial charge on any atom is 0.122 e. The van der Waals surface area contributed by atoms with Crippen LogP contribution in [-0.2, 0) is 11.2 Å². The van der Waals surface area contributed by atoms with Crippen molar-refractivity contribution in [2.24, 2.45) is 5.41 Å². The van der Waals surface area contributed by atoms with E-state index in [4.69, 9.17) is 9.47 Å². The molecule has 1 saturated heterocycles. The van der Waals surface area contributed by atoms with Gasteiger partial charge in [0.2, 0.25) is 0 Å². The molecule has 1 N–H and O–H groups in total. The van der Waals surface area contributed by atoms with E-state index in [1.165, 1.54) is 5.56 Å². The third-order valence-corrected chi connectivity index (χ3v) is 3.74. The Labute approximate surface area is 109 Å². The second-order valence-corrected chi connectivity index (χ2v) is 5.31. The Morgan fingerprint density at radius 3 is 2.89 bits per heavy atom. The first kappa shape index (κ1) is 13.4. The number of aliphatic hydroxyl groups is 1. The molecule has 1 aliphatic rings. The molecule has 1 aromatic carbocycles. The molecule has 2 rings (SSSR count). The second kappa shape index (κ2) is 5.72. The quantitative estimate of drug-likeness (QED) is 0.891. The van der Waals surface area contributed by atoms with Crippen LogP contribution in [0.15, 0.2) is 18.2 Å². The molecule has 0 amide bonds. The lowest BCUT2D eigenvalue weighted by molar-refractivity contribution is -0.0381. The summed E-state index contributed by atoms with van der Waals surface area (Å²) in [4.78, 5) is 0. The van der Waals surface area contributed by atoms with Crippen LogP contribution in [0.4, 0.5) is 0 Å². The highest BCUT2D eigenvalue weighted by Crippen LogP contribution is 2.35. The molecule has 0 spiro atoms. The van der Waals surface area contributed by atoms with Crippen molar-refractivity contribution >= 4 is 0 Å². The van der Waals surface area contributed by atoms with Crippen molar-refractivity contribution in [3.05, 3.63) is 29.3 Å². The van der Waals surface area contributed by atoms with E-state index < -0.39 is 0 Å². The minimum Gasteiger partial charge on any atom is -0.496 e. The van der Waals surface area contributed by atoms with Gasteiger partial charge in [-0.1, -0.05) is 17.7 Å². The monoisotopic (exact) mass is 250 g/mol. The van der Waals surface area contributed by atoms with Gasteiger partial charge in [-0.3, -0.25) is 0 Å². The van der Waals surface area contributed by atoms with Crippen LogP contribution in [-0.4, -0.2) is 32.0 Å². The van der Waals surface area contributed by atoms with Crippen LogP contribution in [0.1, 0.15) is 24.0 Å². The molecule has 0 aliphatic carbocycles. The van der Waals surface area contributed by atoms with Gasteiger partial charge in [-0.2, -0.15) is 0 Å². The van der Waals surface area contributed by atoms with Crippen molar-refractivity contribution in [3.63, 3.8) is 0 Å². The zero-order valence-corrected chi connectivity index (χ0v) is 11.2. The summed E-state index contributed by atoms with van der Waals surface area (Å²) in [6, 6.07) is 6.19. The van der Waals surface area contributed by atoms with Gasteiger partial charge in [-0.25, -0.2) is 0 Å². The number of aliphatic hydroxyl groups excluding tert-OH is 1. The lowest BCUT2D eigenvalue weighted by Crippen LogP contribution is -2.37. The molecule has 1 heterocycles. The molecule has 0 aromatic heterocycles. The fourth-order valence-corrected chi connectivity index (χ4v) is 2.68. The third kappa shape index (κ3) is 2.85. The molecule has 0 saturated carbocycles. The Bertz CT molecular complexity index is 395. The van der Waals surface area contributed by atoms with E-state index in [-0.39, 0.29) is 12.0 Å². The van der Waals surface area contributed by atoms with Gasteiger partial charge in [-0.15, -0.1) is 0 Å². The van der Waals surface area contributed by atoms with Crippen molar-refractivity contribution in [1.29, 1.82) is 0 Å². The summed E-state index contributed by atoms with van der Waals surface area (Å²) in [5.41, 5.74) is 2.24. The molecular formula is C15H22O3. The number of benzene rings is 1. The number of hydrogen-bond donors (Lipinski definition) is 1. The smallest absolute Gasteiger partial charge is 0.122 e. The van der Waals surface area contributed by atoms with E-state index in [9.17, 15) is 5.11 Å². The van der Waals surface area contributed by atoms with E-state index in [0.29, 0.717) is 6.61 Å². The summed E-state index contributed by atoms with van der Waals surface area (Å²) in [6.07, 6.45) is 2.85. The number of aryl methyl sites for hydroxylation is 1. The van der Waals surface area contributed by atoms with Gasteiger partial charge in [-0.05, 0) is 37.8 Å². The fourth-order valence-electron chi connectivity index (χ4n) is 2.68. The molecule has 0 radical (unpaired) electrons. The van der Waals surface area contributed by atoms with Gasteiger partial charge < -0.3 is 14.6 Å². The van der Waals surface area contributed by atoms with Gasteiger partial charge in [0.05, 0.1) is 20.3 Å². The summed E-state index contributed by atoms with van der Waals surface area (Å²) < 4.78 is 11.0. The summed E-state index contributed by atoms with van der Waals surface area (Å²) in [5, 5.41) is 9.71. The van der Waals surface area contributed by atoms with E-state index >= 15 is 0 Å². The highest BCUT2D eigenvalue weighted by atomic mass is 16.5. The van der Waals surface area contributed by atoms with Gasteiger partial charge >= 0.3 is 0 Å². The van der Waals surface area contributed by atoms with Gasteiger partial charge in [0.15, 0.2) is 0 Å². The van der Waals surface area contributed by atoms with Crippen molar-refractivity contribution in [2.45, 2.75) is 26.2 Å². The fraction of sp³-hybridized carbons (Fsp3) is 0.600. The first-order chi connectivity index (χ1) is 8.69. The first-order valence-electron chi connectivity index (χ1n) is 6.51. The zero-order valence-electron chi connectivity index (χ0n) is 11.2. The van der Waals surface area contributed by atoms with E-state index in [2.05, 4.69) is 13.0 Å². The Kier molecular flexibility index (Phi) is 4.25. The number of rotatable bonds is 4. The van der Waals surface area contributed by atoms with Crippen LogP contribution < -0.4 is 4.74 Å². The van der Waals surface area contributed by atoms with Gasteiger partial charge in [0.25, 0.3) is 0 Å². The van der Waals surface area contributed by atoms with Crippen molar-refractivity contribution in [2.75, 3.05) is 26.9 Å². The normalized spacial score (nSPS) is 23.9. The van der Waals surface area contributed by atoms with Crippen LogP contribution in [0, 0.1) is 12.3 Å². The Morgan fingerprint density at radius 2 is 2.28 bits per heavy atom. The maximum atomic E-state index is 9.71. The predicted octanol–water partition coefficient (Wildman–Crippen LogP) is 2.34. The highest BCUT2D eigenvalue weighted by Gasteiger charge is 2.33. The third-order valence-electron chi connectivity index (χ3n) is 3.74. The molecule has 3 heteroatoms. The molecule has 1 unspecified atom stereocenters. The van der Waals surface area contributed by atoms with Crippen LogP contribution in [0.25, 0.3) is 0 Å². The Morgan fingerprint density at radius 1 is 1.44 bits per heavy atom. The Balaban J connectivity index is 2.23. The number of methoxy groups -OCH3 is 1. The topological polar surface area (TPSA) is 38.7 Å². The predicted molar refractivity (Wildman–Crippen MR) is 71.0 cm³/mol. The molecule has 3 nitrogen and oxygen atoms in total. The second-order valence-electron chi connectivity index (χ2n) is 5.31. The maximum absolute atomic E-state index is 9.71. The molecular weight excluding hydrogens is 228 g/mol. The molecule has 1 fully saturated rings. The minimum absolute atomic E-state index is 0.140. The zero-order chi connectivity index (χ0) is 13.0. The molecule has 1 aliphatic heterocycles. The summed E-state index contributed by atoms with van der Waals surface area (Å²) in [7, 11) is 1.69. The average Bonchev–Trinajstić information content (AvgIpc) is 2.40. The van der Waals surface area contributed by atoms with Crippen LogP contribution >= 0.6 is 0 Å². The number of hydrogen-bond acceptors (Lipinski definition) is 3. The van der Waals surface area contributed by atoms with Gasteiger partial charge in [0.1, 0.15) is 5.75 Å². The lowest BCUT2D eigenvalue weighted by atomic mass is 9.77. The molecule has 1 atom stereocenters. The average molecular weight is 250 g/mol.